The number of hydrogen-bond donors (Lipinski definition) is 2. The van der Waals surface area contributed by atoms with Gasteiger partial charge in [0.1, 0.15) is 11.9 Å². The summed E-state index contributed by atoms with van der Waals surface area (Å²) in [4.78, 5) is 12.9. The summed E-state index contributed by atoms with van der Waals surface area (Å²) in [5, 5.41) is 9.26. The number of aliphatic hydroxyl groups is 1. The van der Waals surface area contributed by atoms with Crippen LogP contribution in [0.4, 0.5) is 4.39 Å². The van der Waals surface area contributed by atoms with Crippen molar-refractivity contribution in [2.75, 3.05) is 20.1 Å². The van der Waals surface area contributed by atoms with Crippen LogP contribution in [0.15, 0.2) is 24.3 Å². The fraction of sp³-hybridized carbons (Fsp3) is 0.417. The van der Waals surface area contributed by atoms with E-state index in [2.05, 4.69) is 0 Å². The molecule has 4 nitrogen and oxygen atoms in total. The average molecular weight is 240 g/mol. The number of nitrogens with zero attached hydrogens (tertiary/aromatic N) is 1. The zero-order chi connectivity index (χ0) is 12.8. The second kappa shape index (κ2) is 6.32. The van der Waals surface area contributed by atoms with Crippen LogP contribution in [0.2, 0.25) is 0 Å². The molecule has 1 amide bonds. The highest BCUT2D eigenvalue weighted by molar-refractivity contribution is 5.80. The van der Waals surface area contributed by atoms with Gasteiger partial charge in [-0.15, -0.1) is 0 Å². The first-order valence-electron chi connectivity index (χ1n) is 5.42. The summed E-state index contributed by atoms with van der Waals surface area (Å²) < 4.78 is 12.7. The molecule has 0 saturated carbocycles. The van der Waals surface area contributed by atoms with E-state index in [0.29, 0.717) is 13.0 Å². The van der Waals surface area contributed by atoms with Crippen molar-refractivity contribution < 1.29 is 14.3 Å². The molecule has 94 valence electrons. The third kappa shape index (κ3) is 4.13. The summed E-state index contributed by atoms with van der Waals surface area (Å²) in [6.07, 6.45) is -0.534. The number of likely N-dealkylation sites (N-methyl/N-ethyl adjacent to an activating group) is 1. The molecule has 0 heterocycles. The number of nitrogens with two attached hydrogens (primary N) is 1. The van der Waals surface area contributed by atoms with Gasteiger partial charge in [0.05, 0.1) is 0 Å². The van der Waals surface area contributed by atoms with Crippen LogP contribution in [0.3, 0.4) is 0 Å². The highest BCUT2D eigenvalue weighted by Gasteiger charge is 2.17. The van der Waals surface area contributed by atoms with Crippen LogP contribution < -0.4 is 5.73 Å². The fourth-order valence-electron chi connectivity index (χ4n) is 1.41. The highest BCUT2D eigenvalue weighted by Crippen LogP contribution is 2.04. The van der Waals surface area contributed by atoms with E-state index in [1.54, 1.807) is 19.2 Å². The van der Waals surface area contributed by atoms with Gasteiger partial charge in [0.25, 0.3) is 5.91 Å². The molecule has 3 N–H and O–H groups in total. The Bertz CT molecular complexity index is 367. The Labute approximate surface area is 99.8 Å². The maximum atomic E-state index is 12.7. The van der Waals surface area contributed by atoms with Crippen molar-refractivity contribution in [3.05, 3.63) is 35.6 Å². The highest BCUT2D eigenvalue weighted by atomic mass is 19.1. The molecule has 1 unspecified atom stereocenters. The molecule has 1 rings (SSSR count). The van der Waals surface area contributed by atoms with E-state index in [1.807, 2.05) is 0 Å². The van der Waals surface area contributed by atoms with Crippen molar-refractivity contribution in [1.29, 1.82) is 0 Å². The first-order valence-corrected chi connectivity index (χ1v) is 5.42. The van der Waals surface area contributed by atoms with Crippen molar-refractivity contribution in [1.82, 2.24) is 4.90 Å². The van der Waals surface area contributed by atoms with Crippen LogP contribution in [-0.4, -0.2) is 42.2 Å². The molecule has 1 atom stereocenters. The molecule has 0 radical (unpaired) electrons. The maximum absolute atomic E-state index is 12.7. The van der Waals surface area contributed by atoms with Crippen molar-refractivity contribution in [3.8, 4) is 0 Å². The first-order chi connectivity index (χ1) is 8.04. The molecule has 0 fully saturated rings. The summed E-state index contributed by atoms with van der Waals surface area (Å²) in [7, 11) is 1.60. The lowest BCUT2D eigenvalue weighted by Crippen LogP contribution is -2.41. The lowest BCUT2D eigenvalue weighted by atomic mass is 10.1. The largest absolute Gasteiger partial charge is 0.382 e. The Hall–Kier alpha value is -1.46. The zero-order valence-electron chi connectivity index (χ0n) is 9.77. The van der Waals surface area contributed by atoms with Crippen LogP contribution in [-0.2, 0) is 11.2 Å². The third-order valence-corrected chi connectivity index (χ3v) is 2.53. The number of rotatable bonds is 5. The minimum atomic E-state index is -1.15. The van der Waals surface area contributed by atoms with E-state index in [1.165, 1.54) is 17.0 Å². The summed E-state index contributed by atoms with van der Waals surface area (Å²) in [5.41, 5.74) is 6.13. The van der Waals surface area contributed by atoms with E-state index in [4.69, 9.17) is 5.73 Å². The zero-order valence-corrected chi connectivity index (χ0v) is 9.77. The van der Waals surface area contributed by atoms with E-state index >= 15 is 0 Å². The van der Waals surface area contributed by atoms with Gasteiger partial charge in [-0.05, 0) is 24.1 Å². The molecule has 0 spiro atoms. The van der Waals surface area contributed by atoms with Crippen molar-refractivity contribution in [2.45, 2.75) is 12.5 Å². The SMILES string of the molecule is CN(CCc1ccc(F)cc1)C(=O)C(O)CN. The van der Waals surface area contributed by atoms with Gasteiger partial charge in [0.15, 0.2) is 0 Å². The van der Waals surface area contributed by atoms with Crippen molar-refractivity contribution in [3.63, 3.8) is 0 Å². The Kier molecular flexibility index (Phi) is 5.06. The second-order valence-electron chi connectivity index (χ2n) is 3.89. The van der Waals surface area contributed by atoms with E-state index in [-0.39, 0.29) is 12.4 Å². The number of aliphatic hydroxyl groups excluding tert-OH is 1. The van der Waals surface area contributed by atoms with Crippen LogP contribution >= 0.6 is 0 Å². The summed E-state index contributed by atoms with van der Waals surface area (Å²) in [5.74, 6) is -0.675. The van der Waals surface area contributed by atoms with Gasteiger partial charge in [-0.2, -0.15) is 0 Å². The molecule has 17 heavy (non-hydrogen) atoms. The van der Waals surface area contributed by atoms with Gasteiger partial charge in [-0.3, -0.25) is 4.79 Å². The molecule has 0 aromatic heterocycles. The molecular weight excluding hydrogens is 223 g/mol. The smallest absolute Gasteiger partial charge is 0.252 e. The molecule has 0 saturated heterocycles. The fourth-order valence-corrected chi connectivity index (χ4v) is 1.41. The lowest BCUT2D eigenvalue weighted by molar-refractivity contribution is -0.138. The molecular formula is C12H17FN2O2. The maximum Gasteiger partial charge on any atom is 0.252 e. The van der Waals surface area contributed by atoms with Crippen LogP contribution in [0.5, 0.6) is 0 Å². The summed E-state index contributed by atoms with van der Waals surface area (Å²) in [6, 6.07) is 6.11. The number of amides is 1. The monoisotopic (exact) mass is 240 g/mol. The van der Waals surface area contributed by atoms with Crippen LogP contribution in [0.1, 0.15) is 5.56 Å². The van der Waals surface area contributed by atoms with Crippen molar-refractivity contribution in [2.24, 2.45) is 5.73 Å². The van der Waals surface area contributed by atoms with Gasteiger partial charge in [0.2, 0.25) is 0 Å². The van der Waals surface area contributed by atoms with Gasteiger partial charge in [-0.1, -0.05) is 12.1 Å². The van der Waals surface area contributed by atoms with Gasteiger partial charge in [0, 0.05) is 20.1 Å². The Balaban J connectivity index is 2.45. The second-order valence-corrected chi connectivity index (χ2v) is 3.89. The molecule has 0 aliphatic heterocycles. The van der Waals surface area contributed by atoms with E-state index < -0.39 is 12.0 Å². The topological polar surface area (TPSA) is 66.6 Å². The average Bonchev–Trinajstić information content (AvgIpc) is 2.35. The molecule has 0 aliphatic carbocycles. The standard InChI is InChI=1S/C12H17FN2O2/c1-15(12(17)11(16)8-14)7-6-9-2-4-10(13)5-3-9/h2-5,11,16H,6-8,14H2,1H3. The van der Waals surface area contributed by atoms with Gasteiger partial charge < -0.3 is 15.7 Å². The van der Waals surface area contributed by atoms with E-state index in [0.717, 1.165) is 5.56 Å². The van der Waals surface area contributed by atoms with Crippen LogP contribution in [0, 0.1) is 5.82 Å². The Morgan fingerprint density at radius 3 is 2.59 bits per heavy atom. The summed E-state index contributed by atoms with van der Waals surface area (Å²) in [6.45, 7) is 0.376. The molecule has 1 aromatic carbocycles. The minimum Gasteiger partial charge on any atom is -0.382 e. The van der Waals surface area contributed by atoms with E-state index in [9.17, 15) is 14.3 Å². The quantitative estimate of drug-likeness (QED) is 0.769. The molecule has 1 aromatic rings. The van der Waals surface area contributed by atoms with Crippen LogP contribution in [0.25, 0.3) is 0 Å². The third-order valence-electron chi connectivity index (χ3n) is 2.53. The Morgan fingerprint density at radius 1 is 1.47 bits per heavy atom. The van der Waals surface area contributed by atoms with Crippen molar-refractivity contribution >= 4 is 5.91 Å². The van der Waals surface area contributed by atoms with Gasteiger partial charge >= 0.3 is 0 Å². The lowest BCUT2D eigenvalue weighted by Gasteiger charge is -2.19. The first kappa shape index (κ1) is 13.6. The molecule has 0 aliphatic rings. The summed E-state index contributed by atoms with van der Waals surface area (Å²) >= 11 is 0. The number of carbonyl (C=O) groups is 1. The van der Waals surface area contributed by atoms with Gasteiger partial charge in [-0.25, -0.2) is 4.39 Å². The number of benzene rings is 1. The number of carbonyl (C=O) groups excluding carboxylic acids is 1. The predicted molar refractivity (Wildman–Crippen MR) is 62.8 cm³/mol. The predicted octanol–water partition coefficient (Wildman–Crippen LogP) is 0.146. The number of hydrogen-bond acceptors (Lipinski definition) is 3. The molecule has 0 bridgehead atoms. The Morgan fingerprint density at radius 2 is 2.06 bits per heavy atom. The minimum absolute atomic E-state index is 0.0836. The normalized spacial score (nSPS) is 12.2. The molecule has 5 heteroatoms. The number of halogens is 1.